The molecule has 1 aromatic rings. The maximum absolute atomic E-state index is 12.4. The molecule has 1 aliphatic carbocycles. The lowest BCUT2D eigenvalue weighted by atomic mass is 9.68. The maximum atomic E-state index is 12.4. The fourth-order valence-electron chi connectivity index (χ4n) is 3.65. The smallest absolute Gasteiger partial charge is 0.272 e. The largest absolute Gasteiger partial charge is 0.337 e. The molecule has 1 aliphatic heterocycles. The number of likely N-dealkylation sites (tertiary alicyclic amines) is 1. The zero-order chi connectivity index (χ0) is 14.0. The second-order valence-electron chi connectivity index (χ2n) is 6.21. The topological polar surface area (TPSA) is 33.2 Å². The number of rotatable bonds is 1. The average molecular weight is 337 g/mol. The van der Waals surface area contributed by atoms with Gasteiger partial charge in [0, 0.05) is 23.8 Å². The summed E-state index contributed by atoms with van der Waals surface area (Å²) < 4.78 is 0.911. The van der Waals surface area contributed by atoms with Crippen molar-refractivity contribution in [3.05, 3.63) is 28.5 Å². The summed E-state index contributed by atoms with van der Waals surface area (Å²) in [6, 6.07) is 3.68. The average Bonchev–Trinajstić information content (AvgIpc) is 2.49. The number of amides is 1. The highest BCUT2D eigenvalue weighted by Crippen LogP contribution is 2.44. The van der Waals surface area contributed by atoms with Crippen molar-refractivity contribution in [2.24, 2.45) is 5.41 Å². The Hall–Kier alpha value is -0.900. The number of hydrogen-bond acceptors (Lipinski definition) is 2. The molecule has 0 N–H and O–H groups in total. The molecule has 2 aliphatic rings. The first kappa shape index (κ1) is 14.1. The molecule has 1 spiro atoms. The Morgan fingerprint density at radius 3 is 2.40 bits per heavy atom. The fraction of sp³-hybridized carbons (Fsp3) is 0.625. The van der Waals surface area contributed by atoms with Gasteiger partial charge in [-0.05, 0) is 59.2 Å². The highest BCUT2D eigenvalue weighted by Gasteiger charge is 2.36. The number of carbonyl (C=O) groups is 1. The molecule has 20 heavy (non-hydrogen) atoms. The van der Waals surface area contributed by atoms with Gasteiger partial charge in [0.1, 0.15) is 5.69 Å². The number of hydrogen-bond donors (Lipinski definition) is 0. The third-order valence-electron chi connectivity index (χ3n) is 4.97. The van der Waals surface area contributed by atoms with Gasteiger partial charge in [-0.3, -0.25) is 4.79 Å². The molecule has 0 unspecified atom stereocenters. The van der Waals surface area contributed by atoms with Crippen LogP contribution in [0.15, 0.2) is 22.8 Å². The third-order valence-corrected chi connectivity index (χ3v) is 5.44. The lowest BCUT2D eigenvalue weighted by Crippen LogP contribution is -2.44. The summed E-state index contributed by atoms with van der Waals surface area (Å²) in [5.41, 5.74) is 1.11. The van der Waals surface area contributed by atoms with Gasteiger partial charge < -0.3 is 4.90 Å². The van der Waals surface area contributed by atoms with Crippen LogP contribution in [0.25, 0.3) is 0 Å². The molecular weight excluding hydrogens is 316 g/mol. The van der Waals surface area contributed by atoms with E-state index < -0.39 is 0 Å². The van der Waals surface area contributed by atoms with E-state index in [1.54, 1.807) is 12.3 Å². The van der Waals surface area contributed by atoms with E-state index in [9.17, 15) is 4.79 Å². The molecule has 1 saturated heterocycles. The lowest BCUT2D eigenvalue weighted by Gasteiger charge is -2.44. The van der Waals surface area contributed by atoms with E-state index in [1.807, 2.05) is 11.0 Å². The highest BCUT2D eigenvalue weighted by atomic mass is 79.9. The number of pyridine rings is 1. The summed E-state index contributed by atoms with van der Waals surface area (Å²) in [4.78, 5) is 18.6. The summed E-state index contributed by atoms with van der Waals surface area (Å²) in [7, 11) is 0. The van der Waals surface area contributed by atoms with E-state index in [2.05, 4.69) is 20.9 Å². The zero-order valence-corrected chi connectivity index (χ0v) is 13.4. The van der Waals surface area contributed by atoms with Crippen molar-refractivity contribution in [3.63, 3.8) is 0 Å². The summed E-state index contributed by atoms with van der Waals surface area (Å²) in [5, 5.41) is 0. The van der Waals surface area contributed by atoms with Crippen LogP contribution in [0.3, 0.4) is 0 Å². The SMILES string of the molecule is O=C(c1ccc(Br)cn1)N1CCC2(CCCCC2)CC1. The molecule has 0 radical (unpaired) electrons. The number of carbonyl (C=O) groups excluding carboxylic acids is 1. The lowest BCUT2D eigenvalue weighted by molar-refractivity contribution is 0.0467. The van der Waals surface area contributed by atoms with Gasteiger partial charge in [-0.2, -0.15) is 0 Å². The van der Waals surface area contributed by atoms with Crippen molar-refractivity contribution in [2.45, 2.75) is 44.9 Å². The molecule has 0 bridgehead atoms. The van der Waals surface area contributed by atoms with Gasteiger partial charge >= 0.3 is 0 Å². The Morgan fingerprint density at radius 2 is 1.80 bits per heavy atom. The van der Waals surface area contributed by atoms with Crippen molar-refractivity contribution in [1.29, 1.82) is 0 Å². The number of nitrogens with zero attached hydrogens (tertiary/aromatic N) is 2. The molecule has 2 heterocycles. The van der Waals surface area contributed by atoms with Crippen LogP contribution in [0, 0.1) is 5.41 Å². The minimum absolute atomic E-state index is 0.0863. The first-order valence-electron chi connectivity index (χ1n) is 7.59. The van der Waals surface area contributed by atoms with E-state index >= 15 is 0 Å². The van der Waals surface area contributed by atoms with E-state index in [0.29, 0.717) is 11.1 Å². The van der Waals surface area contributed by atoms with Gasteiger partial charge in [0.15, 0.2) is 0 Å². The Morgan fingerprint density at radius 1 is 1.10 bits per heavy atom. The maximum Gasteiger partial charge on any atom is 0.272 e. The molecule has 0 atom stereocenters. The van der Waals surface area contributed by atoms with Gasteiger partial charge in [0.05, 0.1) is 0 Å². The van der Waals surface area contributed by atoms with Crippen molar-refractivity contribution in [3.8, 4) is 0 Å². The van der Waals surface area contributed by atoms with Crippen molar-refractivity contribution in [2.75, 3.05) is 13.1 Å². The van der Waals surface area contributed by atoms with Crippen LogP contribution in [0.5, 0.6) is 0 Å². The number of piperidine rings is 1. The highest BCUT2D eigenvalue weighted by molar-refractivity contribution is 9.10. The molecule has 2 fully saturated rings. The Balaban J connectivity index is 1.62. The molecular formula is C16H21BrN2O. The van der Waals surface area contributed by atoms with Gasteiger partial charge in [0.2, 0.25) is 0 Å². The molecule has 1 saturated carbocycles. The molecule has 1 aromatic heterocycles. The Kier molecular flexibility index (Phi) is 4.11. The first-order chi connectivity index (χ1) is 9.69. The monoisotopic (exact) mass is 336 g/mol. The van der Waals surface area contributed by atoms with Crippen LogP contribution < -0.4 is 0 Å². The second kappa shape index (κ2) is 5.84. The van der Waals surface area contributed by atoms with Crippen molar-refractivity contribution >= 4 is 21.8 Å². The molecule has 3 nitrogen and oxygen atoms in total. The van der Waals surface area contributed by atoms with Crippen molar-refractivity contribution in [1.82, 2.24) is 9.88 Å². The van der Waals surface area contributed by atoms with E-state index in [0.717, 1.165) is 17.6 Å². The number of aromatic nitrogens is 1. The van der Waals surface area contributed by atoms with Gasteiger partial charge in [0.25, 0.3) is 5.91 Å². The van der Waals surface area contributed by atoms with E-state index in [1.165, 1.54) is 44.9 Å². The van der Waals surface area contributed by atoms with E-state index in [4.69, 9.17) is 0 Å². The Bertz CT molecular complexity index is 470. The minimum atomic E-state index is 0.0863. The summed E-state index contributed by atoms with van der Waals surface area (Å²) in [6.07, 6.45) is 10.9. The molecule has 3 rings (SSSR count). The summed E-state index contributed by atoms with van der Waals surface area (Å²) in [5.74, 6) is 0.0863. The van der Waals surface area contributed by atoms with Gasteiger partial charge in [-0.15, -0.1) is 0 Å². The third kappa shape index (κ3) is 2.90. The Labute approximate surface area is 128 Å². The zero-order valence-electron chi connectivity index (χ0n) is 11.8. The fourth-order valence-corrected chi connectivity index (χ4v) is 3.88. The van der Waals surface area contributed by atoms with Crippen LogP contribution in [0.4, 0.5) is 0 Å². The molecule has 4 heteroatoms. The van der Waals surface area contributed by atoms with Crippen molar-refractivity contribution < 1.29 is 4.79 Å². The predicted octanol–water partition coefficient (Wildman–Crippen LogP) is 4.03. The van der Waals surface area contributed by atoms with Crippen LogP contribution in [0.2, 0.25) is 0 Å². The van der Waals surface area contributed by atoms with Gasteiger partial charge in [-0.25, -0.2) is 4.98 Å². The normalized spacial score (nSPS) is 21.9. The standard InChI is InChI=1S/C16H21BrN2O/c17-13-4-5-14(18-12-13)15(20)19-10-8-16(9-11-19)6-2-1-3-7-16/h4-5,12H,1-3,6-11H2. The molecule has 108 valence electrons. The molecule has 1 amide bonds. The second-order valence-corrected chi connectivity index (χ2v) is 7.13. The number of halogens is 1. The summed E-state index contributed by atoms with van der Waals surface area (Å²) in [6.45, 7) is 1.80. The quantitative estimate of drug-likeness (QED) is 0.775. The molecule has 0 aromatic carbocycles. The first-order valence-corrected chi connectivity index (χ1v) is 8.39. The van der Waals surface area contributed by atoms with Crippen LogP contribution in [-0.4, -0.2) is 28.9 Å². The predicted molar refractivity (Wildman–Crippen MR) is 82.6 cm³/mol. The van der Waals surface area contributed by atoms with Gasteiger partial charge in [-0.1, -0.05) is 19.3 Å². The van der Waals surface area contributed by atoms with E-state index in [-0.39, 0.29) is 5.91 Å². The van der Waals surface area contributed by atoms with Crippen LogP contribution in [0.1, 0.15) is 55.4 Å². The van der Waals surface area contributed by atoms with Crippen LogP contribution >= 0.6 is 15.9 Å². The van der Waals surface area contributed by atoms with Crippen LogP contribution in [-0.2, 0) is 0 Å². The minimum Gasteiger partial charge on any atom is -0.337 e. The summed E-state index contributed by atoms with van der Waals surface area (Å²) >= 11 is 3.35.